The van der Waals surface area contributed by atoms with Gasteiger partial charge in [0.2, 0.25) is 5.72 Å². The minimum absolute atomic E-state index is 0.0203. The number of fused-ring (bicyclic) bond motifs is 4. The number of hydrogen-bond acceptors (Lipinski definition) is 5. The first kappa shape index (κ1) is 25.0. The largest absolute Gasteiger partial charge is 0.497 e. The quantitative estimate of drug-likeness (QED) is 0.384. The number of para-hydroxylation sites is 1. The lowest BCUT2D eigenvalue weighted by Gasteiger charge is -2.53. The molecule has 4 rings (SSSR count). The highest BCUT2D eigenvalue weighted by Gasteiger charge is 2.55. The van der Waals surface area contributed by atoms with E-state index in [4.69, 9.17) is 30.9 Å². The van der Waals surface area contributed by atoms with E-state index >= 15 is 0 Å². The summed E-state index contributed by atoms with van der Waals surface area (Å²) in [6.07, 6.45) is 0. The summed E-state index contributed by atoms with van der Waals surface area (Å²) in [5, 5.41) is 7.58. The predicted octanol–water partition coefficient (Wildman–Crippen LogP) is 5.16. The van der Waals surface area contributed by atoms with Crippen molar-refractivity contribution in [1.82, 2.24) is 10.6 Å². The van der Waals surface area contributed by atoms with Gasteiger partial charge in [-0.2, -0.15) is 0 Å². The van der Waals surface area contributed by atoms with Crippen LogP contribution in [0.1, 0.15) is 37.9 Å². The van der Waals surface area contributed by atoms with Crippen LogP contribution in [0.3, 0.4) is 0 Å². The lowest BCUT2D eigenvalue weighted by atomic mass is 9.80. The fourth-order valence-electron chi connectivity index (χ4n) is 4.21. The molecule has 2 aromatic rings. The first-order chi connectivity index (χ1) is 16.0. The maximum absolute atomic E-state index is 6.70. The molecule has 0 radical (unpaired) electrons. The van der Waals surface area contributed by atoms with Crippen molar-refractivity contribution in [3.8, 4) is 11.5 Å². The maximum Gasteiger partial charge on any atom is 0.213 e. The summed E-state index contributed by atoms with van der Waals surface area (Å²) < 4.78 is 24.9. The van der Waals surface area contributed by atoms with Crippen molar-refractivity contribution in [2.45, 2.75) is 57.3 Å². The Labute approximate surface area is 209 Å². The molecular weight excluding hydrogens is 464 g/mol. The Hall–Kier alpha value is -2.13. The van der Waals surface area contributed by atoms with Crippen molar-refractivity contribution in [2.75, 3.05) is 20.3 Å². The van der Waals surface area contributed by atoms with Gasteiger partial charge in [-0.15, -0.1) is 0 Å². The normalized spacial score (nSPS) is 23.9. The molecule has 0 spiro atoms. The lowest BCUT2D eigenvalue weighted by molar-refractivity contribution is -0.119. The minimum Gasteiger partial charge on any atom is -0.497 e. The summed E-state index contributed by atoms with van der Waals surface area (Å²) in [4.78, 5) is 0. The second-order valence-corrected chi connectivity index (χ2v) is 15.8. The monoisotopic (exact) mass is 500 g/mol. The van der Waals surface area contributed by atoms with Crippen molar-refractivity contribution in [2.24, 2.45) is 5.92 Å². The molecule has 2 heterocycles. The van der Waals surface area contributed by atoms with Crippen LogP contribution in [-0.2, 0) is 15.8 Å². The Morgan fingerprint density at radius 2 is 1.79 bits per heavy atom. The van der Waals surface area contributed by atoms with Crippen molar-refractivity contribution in [1.29, 1.82) is 0 Å². The minimum atomic E-state index is -1.97. The summed E-state index contributed by atoms with van der Waals surface area (Å²) in [5.41, 5.74) is 1.34. The Morgan fingerprint density at radius 1 is 1.09 bits per heavy atom. The zero-order valence-corrected chi connectivity index (χ0v) is 22.8. The third-order valence-corrected chi connectivity index (χ3v) is 12.1. The summed E-state index contributed by atoms with van der Waals surface area (Å²) in [6, 6.07) is 16.0. The molecule has 3 atom stereocenters. The Morgan fingerprint density at radius 3 is 2.47 bits per heavy atom. The molecule has 2 aromatic carbocycles. The van der Waals surface area contributed by atoms with E-state index in [9.17, 15) is 0 Å². The van der Waals surface area contributed by atoms with Gasteiger partial charge in [0.25, 0.3) is 0 Å². The Bertz CT molecular complexity index is 1020. The molecular formula is C26H36N2O4SSi. The molecule has 34 heavy (non-hydrogen) atoms. The van der Waals surface area contributed by atoms with Crippen LogP contribution in [0.25, 0.3) is 0 Å². The Balaban J connectivity index is 1.59. The van der Waals surface area contributed by atoms with Crippen molar-refractivity contribution >= 4 is 25.6 Å². The number of nitrogens with one attached hydrogen (secondary N) is 2. The standard InChI is InChI=1S/C26H36N2O4SSi/c1-25(2,3)34(5,6)31-16-21-23-20-9-7-8-10-22(20)32-26(21,28-24(33)27-23)17-30-15-18-11-13-19(29-4)14-12-18/h7-14,21,23H,15-17H2,1-6H3,(H2,27,28,33)/t21-,23-,26+/m1/s1. The molecule has 1 saturated heterocycles. The molecule has 2 N–H and O–H groups in total. The molecule has 0 saturated carbocycles. The van der Waals surface area contributed by atoms with Gasteiger partial charge in [-0.05, 0) is 54.1 Å². The molecule has 8 heteroatoms. The molecule has 0 amide bonds. The molecule has 0 aromatic heterocycles. The van der Waals surface area contributed by atoms with Gasteiger partial charge in [-0.25, -0.2) is 0 Å². The highest BCUT2D eigenvalue weighted by molar-refractivity contribution is 7.80. The highest BCUT2D eigenvalue weighted by atomic mass is 32.1. The van der Waals surface area contributed by atoms with Crippen molar-refractivity contribution in [3.05, 3.63) is 59.7 Å². The molecule has 2 aliphatic rings. The van der Waals surface area contributed by atoms with Crippen LogP contribution in [0.2, 0.25) is 18.1 Å². The second-order valence-electron chi connectivity index (χ2n) is 10.6. The van der Waals surface area contributed by atoms with Gasteiger partial charge in [-0.1, -0.05) is 51.1 Å². The van der Waals surface area contributed by atoms with E-state index in [1.165, 1.54) is 0 Å². The van der Waals surface area contributed by atoms with Crippen LogP contribution in [0.4, 0.5) is 0 Å². The van der Waals surface area contributed by atoms with Gasteiger partial charge in [-0.3, -0.25) is 0 Å². The fourth-order valence-corrected chi connectivity index (χ4v) is 5.54. The third-order valence-electron chi connectivity index (χ3n) is 7.33. The van der Waals surface area contributed by atoms with E-state index in [0.29, 0.717) is 24.9 Å². The van der Waals surface area contributed by atoms with Crippen molar-refractivity contribution < 1.29 is 18.6 Å². The van der Waals surface area contributed by atoms with E-state index in [0.717, 1.165) is 22.6 Å². The van der Waals surface area contributed by atoms with Gasteiger partial charge in [0.1, 0.15) is 18.1 Å². The van der Waals surface area contributed by atoms with Crippen molar-refractivity contribution in [3.63, 3.8) is 0 Å². The van der Waals surface area contributed by atoms with E-state index in [1.807, 2.05) is 42.5 Å². The maximum atomic E-state index is 6.70. The highest BCUT2D eigenvalue weighted by Crippen LogP contribution is 2.46. The smallest absolute Gasteiger partial charge is 0.213 e. The topological polar surface area (TPSA) is 61.0 Å². The zero-order valence-electron chi connectivity index (χ0n) is 20.9. The fraction of sp³-hybridized carbons (Fsp3) is 0.500. The number of thiocarbonyl (C=S) groups is 1. The molecule has 2 aliphatic heterocycles. The van der Waals surface area contributed by atoms with E-state index in [2.05, 4.69) is 50.6 Å². The third kappa shape index (κ3) is 4.96. The van der Waals surface area contributed by atoms with Crippen LogP contribution in [0, 0.1) is 5.92 Å². The van der Waals surface area contributed by atoms with Gasteiger partial charge in [0.15, 0.2) is 13.4 Å². The van der Waals surface area contributed by atoms with Gasteiger partial charge >= 0.3 is 0 Å². The predicted molar refractivity (Wildman–Crippen MR) is 141 cm³/mol. The van der Waals surface area contributed by atoms with Crippen LogP contribution in [0.15, 0.2) is 48.5 Å². The van der Waals surface area contributed by atoms with Gasteiger partial charge < -0.3 is 29.3 Å². The number of ether oxygens (including phenoxy) is 3. The number of benzene rings is 2. The summed E-state index contributed by atoms with van der Waals surface area (Å²) in [6.45, 7) is 12.7. The molecule has 184 valence electrons. The van der Waals surface area contributed by atoms with E-state index in [-0.39, 0.29) is 17.0 Å². The molecule has 0 unspecified atom stereocenters. The van der Waals surface area contributed by atoms with Gasteiger partial charge in [0.05, 0.1) is 25.7 Å². The first-order valence-corrected chi connectivity index (χ1v) is 15.1. The zero-order chi connectivity index (χ0) is 24.6. The van der Waals surface area contributed by atoms with E-state index < -0.39 is 14.0 Å². The average molecular weight is 501 g/mol. The molecule has 6 nitrogen and oxygen atoms in total. The summed E-state index contributed by atoms with van der Waals surface area (Å²) in [7, 11) is -0.304. The number of methoxy groups -OCH3 is 1. The molecule has 2 bridgehead atoms. The molecule has 1 fully saturated rings. The van der Waals surface area contributed by atoms with Crippen LogP contribution < -0.4 is 20.1 Å². The molecule has 0 aliphatic carbocycles. The van der Waals surface area contributed by atoms with Crippen LogP contribution in [-0.4, -0.2) is 39.5 Å². The summed E-state index contributed by atoms with van der Waals surface area (Å²) in [5.74, 6) is 1.64. The Kier molecular flexibility index (Phi) is 6.97. The van der Waals surface area contributed by atoms with E-state index in [1.54, 1.807) is 7.11 Å². The number of hydrogen-bond donors (Lipinski definition) is 2. The van der Waals surface area contributed by atoms with Crippen LogP contribution in [0.5, 0.6) is 11.5 Å². The average Bonchev–Trinajstić information content (AvgIpc) is 2.77. The second kappa shape index (κ2) is 9.49. The van der Waals surface area contributed by atoms with Crippen LogP contribution >= 0.6 is 12.2 Å². The SMILES string of the molecule is COc1ccc(COC[C@]23NC(=S)N[C@H](c4ccccc4O2)[C@H]3CO[Si](C)(C)C(C)(C)C)cc1. The lowest BCUT2D eigenvalue weighted by Crippen LogP contribution is -2.72. The summed E-state index contributed by atoms with van der Waals surface area (Å²) >= 11 is 5.60. The number of rotatable bonds is 8. The first-order valence-electron chi connectivity index (χ1n) is 11.8. The van der Waals surface area contributed by atoms with Gasteiger partial charge in [0, 0.05) is 12.2 Å².